The molecule has 0 saturated carbocycles. The van der Waals surface area contributed by atoms with Crippen molar-refractivity contribution in [3.8, 4) is 5.75 Å². The van der Waals surface area contributed by atoms with E-state index in [1.807, 2.05) is 30.0 Å². The fourth-order valence-corrected chi connectivity index (χ4v) is 3.01. The zero-order valence-electron chi connectivity index (χ0n) is 15.2. The molecule has 0 N–H and O–H groups in total. The van der Waals surface area contributed by atoms with Crippen LogP contribution in [0.4, 0.5) is 0 Å². The van der Waals surface area contributed by atoms with Crippen molar-refractivity contribution < 1.29 is 14.3 Å². The molecule has 0 radical (unpaired) electrons. The van der Waals surface area contributed by atoms with E-state index in [2.05, 4.69) is 6.92 Å². The average Bonchev–Trinajstić information content (AvgIpc) is 2.89. The van der Waals surface area contributed by atoms with Crippen molar-refractivity contribution in [2.24, 2.45) is 0 Å². The van der Waals surface area contributed by atoms with Crippen molar-refractivity contribution in [1.82, 2.24) is 4.90 Å². The van der Waals surface area contributed by atoms with Gasteiger partial charge in [0.05, 0.1) is 13.2 Å². The molecule has 1 aliphatic heterocycles. The van der Waals surface area contributed by atoms with Crippen molar-refractivity contribution in [3.63, 3.8) is 0 Å². The van der Waals surface area contributed by atoms with Crippen LogP contribution >= 0.6 is 0 Å². The standard InChI is InChI=1S/C20H31NO3/c1-3-5-14-23-16-18-15-17(10-11-19(18)24-4-2)20(22)21-12-8-6-7-9-13-21/h10-11,15H,3-9,12-14,16H2,1-2H3. The molecule has 1 aromatic rings. The molecule has 4 nitrogen and oxygen atoms in total. The molecule has 4 heteroatoms. The largest absolute Gasteiger partial charge is 0.494 e. The Morgan fingerprint density at radius 1 is 1.12 bits per heavy atom. The van der Waals surface area contributed by atoms with Crippen LogP contribution in [-0.4, -0.2) is 37.1 Å². The Morgan fingerprint density at radius 3 is 2.54 bits per heavy atom. The van der Waals surface area contributed by atoms with Gasteiger partial charge in [0.15, 0.2) is 0 Å². The Bertz CT molecular complexity index is 508. The van der Waals surface area contributed by atoms with E-state index >= 15 is 0 Å². The normalized spacial score (nSPS) is 15.2. The summed E-state index contributed by atoms with van der Waals surface area (Å²) in [4.78, 5) is 14.8. The lowest BCUT2D eigenvalue weighted by molar-refractivity contribution is 0.0761. The van der Waals surface area contributed by atoms with E-state index in [-0.39, 0.29) is 5.91 Å². The van der Waals surface area contributed by atoms with Gasteiger partial charge in [0.2, 0.25) is 0 Å². The third-order valence-corrected chi connectivity index (χ3v) is 4.40. The van der Waals surface area contributed by atoms with E-state index in [9.17, 15) is 4.79 Å². The molecule has 134 valence electrons. The maximum atomic E-state index is 12.8. The van der Waals surface area contributed by atoms with E-state index in [1.54, 1.807) is 0 Å². The first-order valence-electron chi connectivity index (χ1n) is 9.39. The maximum absolute atomic E-state index is 12.8. The summed E-state index contributed by atoms with van der Waals surface area (Å²) in [6.07, 6.45) is 6.83. The minimum absolute atomic E-state index is 0.134. The van der Waals surface area contributed by atoms with Crippen LogP contribution in [0, 0.1) is 0 Å². The molecule has 0 aromatic heterocycles. The zero-order valence-corrected chi connectivity index (χ0v) is 15.2. The van der Waals surface area contributed by atoms with Crippen LogP contribution in [0.3, 0.4) is 0 Å². The number of unbranched alkanes of at least 4 members (excludes halogenated alkanes) is 1. The quantitative estimate of drug-likeness (QED) is 0.661. The molecule has 2 rings (SSSR count). The summed E-state index contributed by atoms with van der Waals surface area (Å²) < 4.78 is 11.4. The van der Waals surface area contributed by atoms with Crippen LogP contribution in [0.5, 0.6) is 5.75 Å². The molecular formula is C20H31NO3. The fraction of sp³-hybridized carbons (Fsp3) is 0.650. The second-order valence-corrected chi connectivity index (χ2v) is 6.37. The van der Waals surface area contributed by atoms with Crippen molar-refractivity contribution in [1.29, 1.82) is 0 Å². The van der Waals surface area contributed by atoms with Gasteiger partial charge in [-0.2, -0.15) is 0 Å². The molecular weight excluding hydrogens is 302 g/mol. The third-order valence-electron chi connectivity index (χ3n) is 4.40. The summed E-state index contributed by atoms with van der Waals surface area (Å²) in [5.41, 5.74) is 1.71. The van der Waals surface area contributed by atoms with Crippen LogP contribution in [0.1, 0.15) is 68.3 Å². The molecule has 1 aromatic carbocycles. The molecule has 0 spiro atoms. The minimum atomic E-state index is 0.134. The van der Waals surface area contributed by atoms with E-state index < -0.39 is 0 Å². The number of hydrogen-bond donors (Lipinski definition) is 0. The van der Waals surface area contributed by atoms with Gasteiger partial charge in [-0.15, -0.1) is 0 Å². The smallest absolute Gasteiger partial charge is 0.253 e. The van der Waals surface area contributed by atoms with Crippen molar-refractivity contribution in [2.75, 3.05) is 26.3 Å². The first kappa shape index (κ1) is 18.8. The van der Waals surface area contributed by atoms with Gasteiger partial charge in [0.1, 0.15) is 5.75 Å². The molecule has 0 unspecified atom stereocenters. The second-order valence-electron chi connectivity index (χ2n) is 6.37. The lowest BCUT2D eigenvalue weighted by Crippen LogP contribution is -2.31. The van der Waals surface area contributed by atoms with Gasteiger partial charge in [-0.25, -0.2) is 0 Å². The Hall–Kier alpha value is -1.55. The highest BCUT2D eigenvalue weighted by Crippen LogP contribution is 2.23. The van der Waals surface area contributed by atoms with Gasteiger partial charge >= 0.3 is 0 Å². The van der Waals surface area contributed by atoms with Crippen molar-refractivity contribution >= 4 is 5.91 Å². The third kappa shape index (κ3) is 5.52. The molecule has 0 aliphatic carbocycles. The summed E-state index contributed by atoms with van der Waals surface area (Å²) >= 11 is 0. The Labute approximate surface area is 146 Å². The van der Waals surface area contributed by atoms with Gasteiger partial charge in [0.25, 0.3) is 5.91 Å². The monoisotopic (exact) mass is 333 g/mol. The van der Waals surface area contributed by atoms with Gasteiger partial charge in [-0.1, -0.05) is 26.2 Å². The predicted octanol–water partition coefficient (Wildman–Crippen LogP) is 4.42. The number of hydrogen-bond acceptors (Lipinski definition) is 3. The van der Waals surface area contributed by atoms with E-state index in [1.165, 1.54) is 12.8 Å². The summed E-state index contributed by atoms with van der Waals surface area (Å²) in [6, 6.07) is 5.74. The maximum Gasteiger partial charge on any atom is 0.253 e. The fourth-order valence-electron chi connectivity index (χ4n) is 3.01. The zero-order chi connectivity index (χ0) is 17.2. The number of carbonyl (C=O) groups is 1. The van der Waals surface area contributed by atoms with Gasteiger partial charge in [-0.05, 0) is 44.4 Å². The number of amides is 1. The molecule has 1 fully saturated rings. The highest BCUT2D eigenvalue weighted by molar-refractivity contribution is 5.94. The lowest BCUT2D eigenvalue weighted by atomic mass is 10.1. The Balaban J connectivity index is 2.09. The first-order valence-corrected chi connectivity index (χ1v) is 9.39. The highest BCUT2D eigenvalue weighted by Gasteiger charge is 2.18. The molecule has 1 aliphatic rings. The Kier molecular flexibility index (Phi) is 8.10. The highest BCUT2D eigenvalue weighted by atomic mass is 16.5. The SMILES string of the molecule is CCCCOCc1cc(C(=O)N2CCCCCC2)ccc1OCC. The minimum Gasteiger partial charge on any atom is -0.494 e. The first-order chi connectivity index (χ1) is 11.8. The summed E-state index contributed by atoms with van der Waals surface area (Å²) in [6.45, 7) is 7.71. The summed E-state index contributed by atoms with van der Waals surface area (Å²) in [5, 5.41) is 0. The number of likely N-dealkylation sites (tertiary alicyclic amines) is 1. The van der Waals surface area contributed by atoms with Crippen molar-refractivity contribution in [2.45, 2.75) is 59.0 Å². The van der Waals surface area contributed by atoms with Crippen LogP contribution in [0.2, 0.25) is 0 Å². The van der Waals surface area contributed by atoms with E-state index in [0.29, 0.717) is 13.2 Å². The number of ether oxygens (including phenoxy) is 2. The molecule has 1 saturated heterocycles. The Morgan fingerprint density at radius 2 is 1.88 bits per heavy atom. The van der Waals surface area contributed by atoms with Crippen LogP contribution in [0.15, 0.2) is 18.2 Å². The van der Waals surface area contributed by atoms with Crippen LogP contribution in [0.25, 0.3) is 0 Å². The van der Waals surface area contributed by atoms with Crippen LogP contribution < -0.4 is 4.74 Å². The van der Waals surface area contributed by atoms with Gasteiger partial charge in [-0.3, -0.25) is 4.79 Å². The topological polar surface area (TPSA) is 38.8 Å². The molecule has 0 bridgehead atoms. The summed E-state index contributed by atoms with van der Waals surface area (Å²) in [5.74, 6) is 0.955. The van der Waals surface area contributed by atoms with E-state index in [0.717, 1.165) is 62.3 Å². The average molecular weight is 333 g/mol. The van der Waals surface area contributed by atoms with E-state index in [4.69, 9.17) is 9.47 Å². The molecule has 1 amide bonds. The molecule has 0 atom stereocenters. The lowest BCUT2D eigenvalue weighted by Gasteiger charge is -2.21. The molecule has 1 heterocycles. The predicted molar refractivity (Wildman–Crippen MR) is 96.5 cm³/mol. The molecule has 24 heavy (non-hydrogen) atoms. The number of nitrogens with zero attached hydrogens (tertiary/aromatic N) is 1. The number of carbonyl (C=O) groups excluding carboxylic acids is 1. The van der Waals surface area contributed by atoms with Crippen LogP contribution in [-0.2, 0) is 11.3 Å². The van der Waals surface area contributed by atoms with Crippen molar-refractivity contribution in [3.05, 3.63) is 29.3 Å². The van der Waals surface area contributed by atoms with Gasteiger partial charge < -0.3 is 14.4 Å². The number of benzene rings is 1. The summed E-state index contributed by atoms with van der Waals surface area (Å²) in [7, 11) is 0. The second kappa shape index (κ2) is 10.3. The number of rotatable bonds is 8. The van der Waals surface area contributed by atoms with Gasteiger partial charge in [0, 0.05) is 30.8 Å².